The fourth-order valence-corrected chi connectivity index (χ4v) is 5.79. The molecule has 1 aromatic heterocycles. The van der Waals surface area contributed by atoms with Crippen molar-refractivity contribution in [3.05, 3.63) is 53.1 Å². The molecular weight excluding hydrogens is 490 g/mol. The average Bonchev–Trinajstić information content (AvgIpc) is 3.20. The summed E-state index contributed by atoms with van der Waals surface area (Å²) in [5.41, 5.74) is 3.99. The third-order valence-electron chi connectivity index (χ3n) is 5.68. The van der Waals surface area contributed by atoms with Crippen molar-refractivity contribution >= 4 is 54.8 Å². The van der Waals surface area contributed by atoms with E-state index < -0.39 is 15.1 Å². The number of amides is 1. The lowest BCUT2D eigenvalue weighted by Gasteiger charge is -2.21. The molecule has 0 aliphatic heterocycles. The Morgan fingerprint density at radius 2 is 1.62 bits per heavy atom. The molecule has 34 heavy (non-hydrogen) atoms. The number of carbonyl (C=O) groups is 1. The molecule has 3 aromatic rings. The van der Waals surface area contributed by atoms with E-state index in [1.54, 1.807) is 54.3 Å². The summed E-state index contributed by atoms with van der Waals surface area (Å²) in [5.74, 6) is -0.0393. The van der Waals surface area contributed by atoms with Crippen LogP contribution in [-0.4, -0.2) is 56.6 Å². The predicted molar refractivity (Wildman–Crippen MR) is 144 cm³/mol. The average molecular weight is 524 g/mol. The Morgan fingerprint density at radius 1 is 1.00 bits per heavy atom. The van der Waals surface area contributed by atoms with E-state index in [1.807, 2.05) is 21.0 Å². The molecule has 2 aromatic carbocycles. The highest BCUT2D eigenvalue weighted by atomic mass is 35.5. The topological polar surface area (TPSA) is 70.6 Å². The zero-order valence-corrected chi connectivity index (χ0v) is 23.1. The van der Waals surface area contributed by atoms with Gasteiger partial charge in [0, 0.05) is 6.54 Å². The van der Waals surface area contributed by atoms with Gasteiger partial charge < -0.3 is 4.90 Å². The maximum absolute atomic E-state index is 13.4. The highest BCUT2D eigenvalue weighted by Crippen LogP contribution is 2.33. The van der Waals surface area contributed by atoms with Gasteiger partial charge in [0.2, 0.25) is 5.91 Å². The van der Waals surface area contributed by atoms with Crippen LogP contribution in [0.4, 0.5) is 5.13 Å². The molecule has 0 saturated heterocycles. The minimum Gasteiger partial charge on any atom is -0.309 e. The van der Waals surface area contributed by atoms with Gasteiger partial charge in [0.1, 0.15) is 0 Å². The standard InChI is InChI=1S/C25H33N3O3S2.ClH/c1-17(2)33(30,31)21-12-10-20(11-13-21)16-22(29)28(15-7-14-27(5)6)25-26-23-18(3)8-9-19(4)24(23)32-25;/h8-13,17H,7,14-16H2,1-6H3;1H. The van der Waals surface area contributed by atoms with Crippen LogP contribution in [0.5, 0.6) is 0 Å². The zero-order valence-electron chi connectivity index (χ0n) is 20.7. The summed E-state index contributed by atoms with van der Waals surface area (Å²) < 4.78 is 25.9. The second-order valence-electron chi connectivity index (χ2n) is 8.99. The minimum absolute atomic E-state index is 0. The summed E-state index contributed by atoms with van der Waals surface area (Å²) in [7, 11) is 0.701. The van der Waals surface area contributed by atoms with Crippen LogP contribution in [0.2, 0.25) is 0 Å². The molecule has 6 nitrogen and oxygen atoms in total. The van der Waals surface area contributed by atoms with Gasteiger partial charge in [0.25, 0.3) is 0 Å². The molecule has 0 spiro atoms. The Labute approximate surface area is 213 Å². The first kappa shape index (κ1) is 28.2. The Bertz CT molecular complexity index is 1200. The van der Waals surface area contributed by atoms with E-state index in [0.717, 1.165) is 39.9 Å². The van der Waals surface area contributed by atoms with Crippen LogP contribution in [0.25, 0.3) is 10.2 Å². The third kappa shape index (κ3) is 6.36. The quantitative estimate of drug-likeness (QED) is 0.392. The molecule has 9 heteroatoms. The first-order valence-corrected chi connectivity index (χ1v) is 13.5. The third-order valence-corrected chi connectivity index (χ3v) is 9.06. The SMILES string of the molecule is Cc1ccc(C)c2sc(N(CCCN(C)C)C(=O)Cc3ccc(S(=O)(=O)C(C)C)cc3)nc12.Cl. The molecule has 186 valence electrons. The van der Waals surface area contributed by atoms with Gasteiger partial charge in [-0.25, -0.2) is 13.4 Å². The highest BCUT2D eigenvalue weighted by Gasteiger charge is 2.22. The molecular formula is C25H34ClN3O3S2. The Balaban J connectivity index is 0.00000408. The summed E-state index contributed by atoms with van der Waals surface area (Å²) in [4.78, 5) is 22.4. The summed E-state index contributed by atoms with van der Waals surface area (Å²) in [6, 6.07) is 10.8. The van der Waals surface area contributed by atoms with Crippen LogP contribution in [0.1, 0.15) is 37.0 Å². The van der Waals surface area contributed by atoms with E-state index in [9.17, 15) is 13.2 Å². The van der Waals surface area contributed by atoms with Gasteiger partial charge in [-0.05, 0) is 83.6 Å². The number of anilines is 1. The van der Waals surface area contributed by atoms with Gasteiger partial charge in [0.15, 0.2) is 15.0 Å². The molecule has 0 unspecified atom stereocenters. The van der Waals surface area contributed by atoms with E-state index in [4.69, 9.17) is 4.98 Å². The van der Waals surface area contributed by atoms with Crippen LogP contribution in [-0.2, 0) is 21.1 Å². The molecule has 0 fully saturated rings. The zero-order chi connectivity index (χ0) is 24.3. The maximum Gasteiger partial charge on any atom is 0.233 e. The molecule has 1 heterocycles. The van der Waals surface area contributed by atoms with E-state index in [2.05, 4.69) is 24.0 Å². The lowest BCUT2D eigenvalue weighted by atomic mass is 10.1. The van der Waals surface area contributed by atoms with Crippen molar-refractivity contribution in [1.29, 1.82) is 0 Å². The molecule has 3 rings (SSSR count). The number of benzene rings is 2. The number of aryl methyl sites for hydroxylation is 2. The monoisotopic (exact) mass is 523 g/mol. The van der Waals surface area contributed by atoms with E-state index >= 15 is 0 Å². The van der Waals surface area contributed by atoms with Crippen molar-refractivity contribution in [2.45, 2.75) is 50.7 Å². The lowest BCUT2D eigenvalue weighted by Crippen LogP contribution is -2.34. The normalized spacial score (nSPS) is 11.8. The summed E-state index contributed by atoms with van der Waals surface area (Å²) in [6.07, 6.45) is 1.02. The first-order valence-electron chi connectivity index (χ1n) is 11.2. The van der Waals surface area contributed by atoms with E-state index in [0.29, 0.717) is 11.7 Å². The van der Waals surface area contributed by atoms with E-state index in [1.165, 1.54) is 0 Å². The van der Waals surface area contributed by atoms with Crippen LogP contribution < -0.4 is 4.90 Å². The van der Waals surface area contributed by atoms with Gasteiger partial charge >= 0.3 is 0 Å². The highest BCUT2D eigenvalue weighted by molar-refractivity contribution is 7.92. The number of fused-ring (bicyclic) bond motifs is 1. The smallest absolute Gasteiger partial charge is 0.233 e. The molecule has 0 saturated carbocycles. The Kier molecular flexibility index (Phi) is 9.65. The van der Waals surface area contributed by atoms with Crippen molar-refractivity contribution in [3.8, 4) is 0 Å². The lowest BCUT2D eigenvalue weighted by molar-refractivity contribution is -0.118. The molecule has 0 N–H and O–H groups in total. The Morgan fingerprint density at radius 3 is 2.18 bits per heavy atom. The van der Waals surface area contributed by atoms with Gasteiger partial charge in [-0.1, -0.05) is 35.6 Å². The second kappa shape index (κ2) is 11.6. The fraction of sp³-hybridized carbons (Fsp3) is 0.440. The van der Waals surface area contributed by atoms with Crippen LogP contribution in [0, 0.1) is 13.8 Å². The van der Waals surface area contributed by atoms with Gasteiger partial charge in [-0.3, -0.25) is 9.69 Å². The van der Waals surface area contributed by atoms with E-state index in [-0.39, 0.29) is 29.6 Å². The number of sulfone groups is 1. The summed E-state index contributed by atoms with van der Waals surface area (Å²) in [5, 5.41) is 0.230. The summed E-state index contributed by atoms with van der Waals surface area (Å²) in [6.45, 7) is 8.88. The number of halogens is 1. The minimum atomic E-state index is -3.33. The number of rotatable bonds is 9. The van der Waals surface area contributed by atoms with Crippen molar-refractivity contribution < 1.29 is 13.2 Å². The number of hydrogen-bond donors (Lipinski definition) is 0. The number of carbonyl (C=O) groups excluding carboxylic acids is 1. The van der Waals surface area contributed by atoms with Gasteiger partial charge in [-0.2, -0.15) is 0 Å². The first-order chi connectivity index (χ1) is 15.5. The van der Waals surface area contributed by atoms with Crippen LogP contribution >= 0.6 is 23.7 Å². The van der Waals surface area contributed by atoms with Crippen molar-refractivity contribution in [1.82, 2.24) is 9.88 Å². The number of thiazole rings is 1. The fourth-order valence-electron chi connectivity index (χ4n) is 3.57. The second-order valence-corrected chi connectivity index (χ2v) is 12.5. The Hall–Kier alpha value is -2.00. The molecule has 0 aliphatic rings. The molecule has 0 radical (unpaired) electrons. The molecule has 0 atom stereocenters. The number of hydrogen-bond acceptors (Lipinski definition) is 6. The maximum atomic E-state index is 13.4. The van der Waals surface area contributed by atoms with Crippen molar-refractivity contribution in [3.63, 3.8) is 0 Å². The van der Waals surface area contributed by atoms with Gasteiger partial charge in [0.05, 0.1) is 26.8 Å². The number of nitrogens with zero attached hydrogens (tertiary/aromatic N) is 3. The number of aromatic nitrogens is 1. The molecule has 1 amide bonds. The van der Waals surface area contributed by atoms with Crippen LogP contribution in [0.15, 0.2) is 41.3 Å². The van der Waals surface area contributed by atoms with Crippen molar-refractivity contribution in [2.24, 2.45) is 0 Å². The molecule has 0 bridgehead atoms. The van der Waals surface area contributed by atoms with Crippen LogP contribution in [0.3, 0.4) is 0 Å². The van der Waals surface area contributed by atoms with Gasteiger partial charge in [-0.15, -0.1) is 12.4 Å². The molecule has 0 aliphatic carbocycles. The summed E-state index contributed by atoms with van der Waals surface area (Å²) >= 11 is 1.55. The van der Waals surface area contributed by atoms with Crippen molar-refractivity contribution in [2.75, 3.05) is 32.1 Å². The largest absolute Gasteiger partial charge is 0.309 e. The predicted octanol–water partition coefficient (Wildman–Crippen LogP) is 5.04.